The van der Waals surface area contributed by atoms with Gasteiger partial charge in [-0.1, -0.05) is 0 Å². The summed E-state index contributed by atoms with van der Waals surface area (Å²) >= 11 is 0. The third kappa shape index (κ3) is 4.45. The molecule has 0 aromatic carbocycles. The fourth-order valence-electron chi connectivity index (χ4n) is 4.07. The van der Waals surface area contributed by atoms with Crippen LogP contribution < -0.4 is 4.90 Å². The number of aryl methyl sites for hydroxylation is 1. The summed E-state index contributed by atoms with van der Waals surface area (Å²) in [5, 5.41) is 0. The maximum atomic E-state index is 12.9. The number of carbonyl (C=O) groups excluding carboxylic acids is 3. The van der Waals surface area contributed by atoms with Gasteiger partial charge in [0.15, 0.2) is 0 Å². The predicted molar refractivity (Wildman–Crippen MR) is 109 cm³/mol. The van der Waals surface area contributed by atoms with Crippen molar-refractivity contribution < 1.29 is 23.9 Å². The second kappa shape index (κ2) is 8.67. The van der Waals surface area contributed by atoms with E-state index in [1.807, 2.05) is 6.92 Å². The van der Waals surface area contributed by atoms with E-state index >= 15 is 0 Å². The molecule has 9 nitrogen and oxygen atoms in total. The van der Waals surface area contributed by atoms with Crippen LogP contribution in [-0.2, 0) is 36.8 Å². The van der Waals surface area contributed by atoms with Crippen molar-refractivity contribution in [1.29, 1.82) is 0 Å². The Bertz CT molecular complexity index is 854. The Morgan fingerprint density at radius 2 is 2.03 bits per heavy atom. The van der Waals surface area contributed by atoms with Crippen LogP contribution in [-0.4, -0.2) is 65.6 Å². The van der Waals surface area contributed by atoms with Crippen molar-refractivity contribution in [2.24, 2.45) is 5.92 Å². The predicted octanol–water partition coefficient (Wildman–Crippen LogP) is 1.40. The summed E-state index contributed by atoms with van der Waals surface area (Å²) in [5.41, 5.74) is 0.958. The number of amides is 2. The number of rotatable bonds is 7. The molecule has 0 spiro atoms. The van der Waals surface area contributed by atoms with Gasteiger partial charge in [0.2, 0.25) is 11.8 Å². The fourth-order valence-corrected chi connectivity index (χ4v) is 4.07. The van der Waals surface area contributed by atoms with Crippen LogP contribution in [0.1, 0.15) is 50.2 Å². The van der Waals surface area contributed by atoms with Crippen LogP contribution in [0.15, 0.2) is 0 Å². The minimum Gasteiger partial charge on any atom is -0.459 e. The first-order valence-corrected chi connectivity index (χ1v) is 10.3. The van der Waals surface area contributed by atoms with Gasteiger partial charge < -0.3 is 14.4 Å². The Morgan fingerprint density at radius 1 is 1.30 bits per heavy atom. The monoisotopic (exact) mass is 418 g/mol. The van der Waals surface area contributed by atoms with E-state index in [0.717, 1.165) is 11.3 Å². The molecule has 1 aromatic rings. The van der Waals surface area contributed by atoms with Gasteiger partial charge in [0.25, 0.3) is 0 Å². The molecule has 2 aliphatic rings. The van der Waals surface area contributed by atoms with Gasteiger partial charge in [-0.3, -0.25) is 19.3 Å². The van der Waals surface area contributed by atoms with Crippen molar-refractivity contribution in [3.63, 3.8) is 0 Å². The molecule has 1 fully saturated rings. The van der Waals surface area contributed by atoms with E-state index in [4.69, 9.17) is 9.47 Å². The largest absolute Gasteiger partial charge is 0.459 e. The lowest BCUT2D eigenvalue weighted by Crippen LogP contribution is -2.42. The Kier molecular flexibility index (Phi) is 6.40. The van der Waals surface area contributed by atoms with Gasteiger partial charge >= 0.3 is 5.97 Å². The van der Waals surface area contributed by atoms with Crippen molar-refractivity contribution in [1.82, 2.24) is 14.9 Å². The van der Waals surface area contributed by atoms with Crippen LogP contribution in [0, 0.1) is 12.8 Å². The zero-order valence-electron chi connectivity index (χ0n) is 18.4. The zero-order chi connectivity index (χ0) is 22.1. The van der Waals surface area contributed by atoms with Gasteiger partial charge in [0.05, 0.1) is 18.9 Å². The highest BCUT2D eigenvalue weighted by Crippen LogP contribution is 2.34. The molecule has 1 atom stereocenters. The third-order valence-electron chi connectivity index (χ3n) is 5.75. The number of ether oxygens (including phenoxy) is 2. The lowest BCUT2D eigenvalue weighted by Gasteiger charge is -2.30. The SMILES string of the molecule is COCCCN1C(=O)CCc2c(C)nc(CN(C)C(=O)[C@H]3CC(=O)OC3(C)C)nc21. The molecule has 30 heavy (non-hydrogen) atoms. The molecule has 1 aromatic heterocycles. The standard InChI is InChI=1S/C21H30N4O5/c1-13-14-7-8-17(26)25(9-6-10-29-5)19(14)23-16(22-13)12-24(4)20(28)15-11-18(27)30-21(15,2)3/h15H,6-12H2,1-5H3/t15-/m1/s1. The van der Waals surface area contributed by atoms with Crippen molar-refractivity contribution >= 4 is 23.6 Å². The van der Waals surface area contributed by atoms with Crippen LogP contribution >= 0.6 is 0 Å². The van der Waals surface area contributed by atoms with Gasteiger partial charge in [0, 0.05) is 45.0 Å². The number of esters is 1. The van der Waals surface area contributed by atoms with Crippen molar-refractivity contribution in [3.05, 3.63) is 17.1 Å². The van der Waals surface area contributed by atoms with Crippen molar-refractivity contribution in [2.75, 3.05) is 32.2 Å². The van der Waals surface area contributed by atoms with Crippen molar-refractivity contribution in [2.45, 2.75) is 58.6 Å². The molecule has 9 heteroatoms. The lowest BCUT2D eigenvalue weighted by atomic mass is 9.89. The summed E-state index contributed by atoms with van der Waals surface area (Å²) in [6, 6.07) is 0. The van der Waals surface area contributed by atoms with E-state index in [-0.39, 0.29) is 30.7 Å². The molecule has 2 aliphatic heterocycles. The van der Waals surface area contributed by atoms with Gasteiger partial charge in [0.1, 0.15) is 17.2 Å². The lowest BCUT2D eigenvalue weighted by molar-refractivity contribution is -0.148. The highest BCUT2D eigenvalue weighted by Gasteiger charge is 2.47. The fraction of sp³-hybridized carbons (Fsp3) is 0.667. The number of anilines is 1. The Balaban J connectivity index is 1.80. The third-order valence-corrected chi connectivity index (χ3v) is 5.75. The van der Waals surface area contributed by atoms with Crippen molar-refractivity contribution in [3.8, 4) is 0 Å². The van der Waals surface area contributed by atoms with Crippen LogP contribution in [0.2, 0.25) is 0 Å². The number of hydrogen-bond acceptors (Lipinski definition) is 7. The van der Waals surface area contributed by atoms with Gasteiger partial charge in [-0.2, -0.15) is 0 Å². The van der Waals surface area contributed by atoms with E-state index in [0.29, 0.717) is 44.1 Å². The quantitative estimate of drug-likeness (QED) is 0.487. The molecule has 0 bridgehead atoms. The molecule has 0 unspecified atom stereocenters. The molecule has 3 heterocycles. The maximum Gasteiger partial charge on any atom is 0.307 e. The first-order valence-electron chi connectivity index (χ1n) is 10.3. The molecule has 0 radical (unpaired) electrons. The topological polar surface area (TPSA) is 102 Å². The normalized spacial score (nSPS) is 20.2. The summed E-state index contributed by atoms with van der Waals surface area (Å²) in [6.45, 7) is 6.68. The summed E-state index contributed by atoms with van der Waals surface area (Å²) in [5.74, 6) is 0.0500. The van der Waals surface area contributed by atoms with Gasteiger partial charge in [-0.15, -0.1) is 0 Å². The smallest absolute Gasteiger partial charge is 0.307 e. The number of aromatic nitrogens is 2. The maximum absolute atomic E-state index is 12.9. The zero-order valence-corrected chi connectivity index (χ0v) is 18.4. The van der Waals surface area contributed by atoms with E-state index in [9.17, 15) is 14.4 Å². The molecule has 164 valence electrons. The summed E-state index contributed by atoms with van der Waals surface area (Å²) < 4.78 is 10.4. The molecule has 0 N–H and O–H groups in total. The summed E-state index contributed by atoms with van der Waals surface area (Å²) in [4.78, 5) is 49.5. The molecule has 0 aliphatic carbocycles. The van der Waals surface area contributed by atoms with Gasteiger partial charge in [-0.05, 0) is 33.6 Å². The summed E-state index contributed by atoms with van der Waals surface area (Å²) in [6.07, 6.45) is 1.84. The minimum atomic E-state index is -0.834. The number of hydrogen-bond donors (Lipinski definition) is 0. The Hall–Kier alpha value is -2.55. The number of carbonyl (C=O) groups is 3. The van der Waals surface area contributed by atoms with E-state index < -0.39 is 11.5 Å². The van der Waals surface area contributed by atoms with E-state index in [1.165, 1.54) is 4.90 Å². The molecule has 0 saturated carbocycles. The molecular formula is C21H30N4O5. The average molecular weight is 418 g/mol. The summed E-state index contributed by atoms with van der Waals surface area (Å²) in [7, 11) is 3.30. The van der Waals surface area contributed by atoms with Crippen LogP contribution in [0.4, 0.5) is 5.82 Å². The number of nitrogens with zero attached hydrogens (tertiary/aromatic N) is 4. The Morgan fingerprint density at radius 3 is 2.67 bits per heavy atom. The first kappa shape index (κ1) is 22.1. The average Bonchev–Trinajstić information content (AvgIpc) is 2.95. The molecule has 3 rings (SSSR count). The highest BCUT2D eigenvalue weighted by atomic mass is 16.6. The minimum absolute atomic E-state index is 0.0375. The van der Waals surface area contributed by atoms with Crippen LogP contribution in [0.25, 0.3) is 0 Å². The Labute approximate surface area is 176 Å². The van der Waals surface area contributed by atoms with Crippen LogP contribution in [0.3, 0.4) is 0 Å². The second-order valence-electron chi connectivity index (χ2n) is 8.45. The van der Waals surface area contributed by atoms with E-state index in [1.54, 1.807) is 32.9 Å². The molecule has 2 amide bonds. The second-order valence-corrected chi connectivity index (χ2v) is 8.45. The number of fused-ring (bicyclic) bond motifs is 1. The molecular weight excluding hydrogens is 388 g/mol. The van der Waals surface area contributed by atoms with Gasteiger partial charge in [-0.25, -0.2) is 9.97 Å². The molecule has 1 saturated heterocycles. The highest BCUT2D eigenvalue weighted by molar-refractivity contribution is 5.95. The first-order chi connectivity index (χ1) is 14.1. The number of cyclic esters (lactones) is 1. The van der Waals surface area contributed by atoms with Crippen LogP contribution in [0.5, 0.6) is 0 Å². The number of methoxy groups -OCH3 is 1. The van der Waals surface area contributed by atoms with E-state index in [2.05, 4.69) is 9.97 Å².